The molecule has 7 nitrogen and oxygen atoms in total. The van der Waals surface area contributed by atoms with E-state index in [-0.39, 0.29) is 30.6 Å². The molecule has 1 aromatic heterocycles. The Hall–Kier alpha value is -3.19. The molecule has 0 saturated carbocycles. The number of benzene rings is 1. The summed E-state index contributed by atoms with van der Waals surface area (Å²) in [6.07, 6.45) is 3.27. The van der Waals surface area contributed by atoms with E-state index in [9.17, 15) is 9.59 Å². The molecule has 156 valence electrons. The third-order valence-electron chi connectivity index (χ3n) is 5.32. The van der Waals surface area contributed by atoms with E-state index in [1.54, 1.807) is 37.7 Å². The molecule has 0 bridgehead atoms. The Labute approximate surface area is 175 Å². The van der Waals surface area contributed by atoms with Crippen molar-refractivity contribution in [3.8, 4) is 5.75 Å². The van der Waals surface area contributed by atoms with Crippen LogP contribution in [-0.4, -0.2) is 59.0 Å². The molecule has 2 amide bonds. The van der Waals surface area contributed by atoms with E-state index in [0.717, 1.165) is 5.56 Å². The highest BCUT2D eigenvalue weighted by atomic mass is 16.5. The Morgan fingerprint density at radius 1 is 1.07 bits per heavy atom. The molecular weight excluding hydrogens is 382 g/mol. The van der Waals surface area contributed by atoms with Crippen LogP contribution in [0.5, 0.6) is 5.75 Å². The van der Waals surface area contributed by atoms with Crippen LogP contribution in [-0.2, 0) is 20.9 Å². The highest BCUT2D eigenvalue weighted by Gasteiger charge is 2.43. The number of aromatic nitrogens is 1. The summed E-state index contributed by atoms with van der Waals surface area (Å²) >= 11 is 0. The van der Waals surface area contributed by atoms with Gasteiger partial charge in [-0.3, -0.25) is 19.5 Å². The molecule has 2 aliphatic rings. The monoisotopic (exact) mass is 407 g/mol. The number of rotatable bonds is 5. The first-order chi connectivity index (χ1) is 14.5. The van der Waals surface area contributed by atoms with Gasteiger partial charge in [0.15, 0.2) is 0 Å². The first-order valence-corrected chi connectivity index (χ1v) is 10.0. The zero-order valence-electron chi connectivity index (χ0n) is 17.4. The first-order valence-electron chi connectivity index (χ1n) is 10.0. The highest BCUT2D eigenvalue weighted by Crippen LogP contribution is 2.34. The van der Waals surface area contributed by atoms with Crippen LogP contribution in [0.1, 0.15) is 25.0 Å². The molecule has 0 spiro atoms. The summed E-state index contributed by atoms with van der Waals surface area (Å²) in [5.74, 6) is 0.116. The van der Waals surface area contributed by atoms with Crippen LogP contribution in [0, 0.1) is 0 Å². The van der Waals surface area contributed by atoms with Crippen molar-refractivity contribution in [1.82, 2.24) is 14.8 Å². The maximum absolute atomic E-state index is 13.5. The average molecular weight is 407 g/mol. The zero-order chi connectivity index (χ0) is 21.3. The van der Waals surface area contributed by atoms with Crippen molar-refractivity contribution in [2.24, 2.45) is 0 Å². The van der Waals surface area contributed by atoms with Crippen LogP contribution < -0.4 is 4.74 Å². The molecule has 1 saturated heterocycles. The second kappa shape index (κ2) is 8.28. The van der Waals surface area contributed by atoms with Gasteiger partial charge in [-0.05, 0) is 43.2 Å². The molecule has 7 heteroatoms. The summed E-state index contributed by atoms with van der Waals surface area (Å²) in [4.78, 5) is 34.3. The Balaban J connectivity index is 1.75. The van der Waals surface area contributed by atoms with Crippen LogP contribution in [0.25, 0.3) is 5.57 Å². The number of carbonyl (C=O) groups is 2. The van der Waals surface area contributed by atoms with Crippen LogP contribution in [0.4, 0.5) is 0 Å². The van der Waals surface area contributed by atoms with Crippen molar-refractivity contribution in [2.45, 2.75) is 32.6 Å². The lowest BCUT2D eigenvalue weighted by atomic mass is 10.0. The fraction of sp³-hybridized carbons (Fsp3) is 0.348. The van der Waals surface area contributed by atoms with Gasteiger partial charge in [-0.1, -0.05) is 18.2 Å². The number of ether oxygens (including phenoxy) is 2. The van der Waals surface area contributed by atoms with Gasteiger partial charge >= 0.3 is 0 Å². The lowest BCUT2D eigenvalue weighted by Crippen LogP contribution is -2.46. The molecule has 0 aliphatic carbocycles. The number of hydrogen-bond acceptors (Lipinski definition) is 6. The third kappa shape index (κ3) is 3.80. The fourth-order valence-corrected chi connectivity index (χ4v) is 4.05. The van der Waals surface area contributed by atoms with Crippen molar-refractivity contribution in [2.75, 3.05) is 20.2 Å². The summed E-state index contributed by atoms with van der Waals surface area (Å²) in [5.41, 5.74) is 2.37. The molecule has 1 fully saturated rings. The van der Waals surface area contributed by atoms with Gasteiger partial charge < -0.3 is 14.4 Å². The van der Waals surface area contributed by atoms with Gasteiger partial charge in [-0.2, -0.15) is 0 Å². The molecule has 2 unspecified atom stereocenters. The second-order valence-electron chi connectivity index (χ2n) is 7.67. The van der Waals surface area contributed by atoms with E-state index < -0.39 is 0 Å². The van der Waals surface area contributed by atoms with E-state index in [1.165, 1.54) is 4.90 Å². The smallest absolute Gasteiger partial charge is 0.278 e. The van der Waals surface area contributed by atoms with Crippen LogP contribution in [0.15, 0.2) is 54.5 Å². The van der Waals surface area contributed by atoms with Gasteiger partial charge in [0.1, 0.15) is 11.4 Å². The molecule has 0 radical (unpaired) electrons. The molecular formula is C23H25N3O4. The molecule has 2 atom stereocenters. The Morgan fingerprint density at radius 3 is 2.37 bits per heavy atom. The SMILES string of the molecule is COc1ccc(C2=C(N3CC(C)OC(C)C3)C(=O)N(Cc3cccnc3)C2=O)cc1. The standard InChI is InChI=1S/C23H25N3O4/c1-15-12-25(13-16(2)30-15)21-20(18-6-8-19(29-3)9-7-18)22(27)26(23(21)28)14-17-5-4-10-24-11-17/h4-11,15-16H,12-14H2,1-3H3. The summed E-state index contributed by atoms with van der Waals surface area (Å²) in [5, 5.41) is 0. The molecule has 0 N–H and O–H groups in total. The largest absolute Gasteiger partial charge is 0.497 e. The molecule has 1 aromatic carbocycles. The second-order valence-corrected chi connectivity index (χ2v) is 7.67. The number of hydrogen-bond donors (Lipinski definition) is 0. The van der Waals surface area contributed by atoms with Gasteiger partial charge in [0.25, 0.3) is 11.8 Å². The Kier molecular flexibility index (Phi) is 5.55. The summed E-state index contributed by atoms with van der Waals surface area (Å²) in [7, 11) is 1.59. The Bertz CT molecular complexity index is 962. The van der Waals surface area contributed by atoms with Gasteiger partial charge in [0, 0.05) is 25.5 Å². The number of nitrogens with zero attached hydrogens (tertiary/aromatic N) is 3. The van der Waals surface area contributed by atoms with E-state index in [2.05, 4.69) is 4.98 Å². The number of pyridine rings is 1. The van der Waals surface area contributed by atoms with Gasteiger partial charge in [-0.15, -0.1) is 0 Å². The van der Waals surface area contributed by atoms with E-state index in [1.807, 2.05) is 36.9 Å². The molecule has 30 heavy (non-hydrogen) atoms. The number of amides is 2. The summed E-state index contributed by atoms with van der Waals surface area (Å²) in [6.45, 7) is 5.25. The predicted octanol–water partition coefficient (Wildman–Crippen LogP) is 2.48. The minimum Gasteiger partial charge on any atom is -0.497 e. The van der Waals surface area contributed by atoms with Gasteiger partial charge in [-0.25, -0.2) is 0 Å². The normalized spacial score (nSPS) is 22.1. The highest BCUT2D eigenvalue weighted by molar-refractivity contribution is 6.35. The molecule has 2 aliphatic heterocycles. The summed E-state index contributed by atoms with van der Waals surface area (Å²) in [6, 6.07) is 10.9. The molecule has 4 rings (SSSR count). The fourth-order valence-electron chi connectivity index (χ4n) is 4.05. The van der Waals surface area contributed by atoms with E-state index in [0.29, 0.717) is 35.7 Å². The van der Waals surface area contributed by atoms with Crippen LogP contribution in [0.2, 0.25) is 0 Å². The predicted molar refractivity (Wildman–Crippen MR) is 111 cm³/mol. The topological polar surface area (TPSA) is 72.0 Å². The lowest BCUT2D eigenvalue weighted by molar-refractivity contribution is -0.139. The number of morpholine rings is 1. The summed E-state index contributed by atoms with van der Waals surface area (Å²) < 4.78 is 11.1. The molecule has 3 heterocycles. The van der Waals surface area contributed by atoms with Crippen LogP contribution in [0.3, 0.4) is 0 Å². The van der Waals surface area contributed by atoms with Crippen molar-refractivity contribution in [1.29, 1.82) is 0 Å². The minimum atomic E-state index is -0.296. The average Bonchev–Trinajstić information content (AvgIpc) is 2.98. The maximum atomic E-state index is 13.5. The Morgan fingerprint density at radius 2 is 1.77 bits per heavy atom. The number of carbonyl (C=O) groups excluding carboxylic acids is 2. The van der Waals surface area contributed by atoms with E-state index in [4.69, 9.17) is 9.47 Å². The van der Waals surface area contributed by atoms with Gasteiger partial charge in [0.2, 0.25) is 0 Å². The first kappa shape index (κ1) is 20.1. The minimum absolute atomic E-state index is 0.0337. The van der Waals surface area contributed by atoms with Crippen molar-refractivity contribution in [3.63, 3.8) is 0 Å². The van der Waals surface area contributed by atoms with Crippen molar-refractivity contribution < 1.29 is 19.1 Å². The lowest BCUT2D eigenvalue weighted by Gasteiger charge is -2.37. The third-order valence-corrected chi connectivity index (χ3v) is 5.32. The van der Waals surface area contributed by atoms with Crippen LogP contribution >= 0.6 is 0 Å². The molecule has 2 aromatic rings. The van der Waals surface area contributed by atoms with Crippen molar-refractivity contribution in [3.05, 3.63) is 65.6 Å². The van der Waals surface area contributed by atoms with Crippen molar-refractivity contribution >= 4 is 17.4 Å². The van der Waals surface area contributed by atoms with Gasteiger partial charge in [0.05, 0.1) is 31.4 Å². The number of imide groups is 1. The maximum Gasteiger partial charge on any atom is 0.278 e. The number of methoxy groups -OCH3 is 1. The zero-order valence-corrected chi connectivity index (χ0v) is 17.4. The van der Waals surface area contributed by atoms with E-state index >= 15 is 0 Å². The quantitative estimate of drug-likeness (QED) is 0.709.